The summed E-state index contributed by atoms with van der Waals surface area (Å²) in [5.41, 5.74) is 1.83. The fourth-order valence-corrected chi connectivity index (χ4v) is 2.37. The Bertz CT molecular complexity index is 44.9. The molecule has 4 heteroatoms. The van der Waals surface area contributed by atoms with E-state index in [-0.39, 0.29) is 0 Å². The van der Waals surface area contributed by atoms with E-state index < -0.39 is 0 Å². The summed E-state index contributed by atoms with van der Waals surface area (Å²) in [5.74, 6) is 0. The lowest BCUT2D eigenvalue weighted by Crippen LogP contribution is -1.32. The van der Waals surface area contributed by atoms with E-state index in [2.05, 4.69) is 4.40 Å². The molecule has 0 unspecified atom stereocenters. The largest absolute Gasteiger partial charge is 0.204 e. The molecule has 0 amide bonds. The fraction of sp³-hybridized carbons (Fsp3) is 0. The van der Waals surface area contributed by atoms with Crippen LogP contribution in [0.2, 0.25) is 0 Å². The van der Waals surface area contributed by atoms with Crippen molar-refractivity contribution in [3.05, 3.63) is 0 Å². The van der Waals surface area contributed by atoms with E-state index in [1.54, 1.807) is 20.6 Å². The minimum absolute atomic E-state index is 1.52. The maximum Gasteiger partial charge on any atom is 0.0806 e. The molecular formula is CHNS3. The molecule has 0 aromatic heterocycles. The van der Waals surface area contributed by atoms with Crippen molar-refractivity contribution in [1.82, 2.24) is 0 Å². The van der Waals surface area contributed by atoms with Crippen molar-refractivity contribution in [2.24, 2.45) is 4.40 Å². The Labute approximate surface area is 41.9 Å². The predicted molar refractivity (Wildman–Crippen MR) is 31.3 cm³/mol. The van der Waals surface area contributed by atoms with Crippen LogP contribution in [0.4, 0.5) is 0 Å². The molecule has 0 radical (unpaired) electrons. The number of hydrogen-bond donors (Lipinski definition) is 0. The molecule has 5 heavy (non-hydrogen) atoms. The quantitative estimate of drug-likeness (QED) is 0.361. The van der Waals surface area contributed by atoms with Crippen LogP contribution >= 0.6 is 31.6 Å². The molecule has 0 spiro atoms. The number of hydrogen-bond acceptors (Lipinski definition) is 4. The number of nitrogens with zero attached hydrogens (tertiary/aromatic N) is 1. The van der Waals surface area contributed by atoms with Crippen molar-refractivity contribution < 1.29 is 0 Å². The first-order chi connectivity index (χ1) is 2.50. The van der Waals surface area contributed by atoms with Gasteiger partial charge in [-0.3, -0.25) is 0 Å². The lowest BCUT2D eigenvalue weighted by Gasteiger charge is -1.64. The SMILES string of the molecule is C1=NSSS1. The first-order valence-electron chi connectivity index (χ1n) is 1.01. The van der Waals surface area contributed by atoms with E-state index in [0.29, 0.717) is 0 Å². The molecule has 1 rings (SSSR count). The second-order valence-electron chi connectivity index (χ2n) is 0.450. The summed E-state index contributed by atoms with van der Waals surface area (Å²) < 4.78 is 3.80. The highest BCUT2D eigenvalue weighted by molar-refractivity contribution is 9.12. The van der Waals surface area contributed by atoms with Crippen LogP contribution in [0.25, 0.3) is 0 Å². The third-order valence-corrected chi connectivity index (χ3v) is 3.04. The molecule has 1 aliphatic rings. The Morgan fingerprint density at radius 1 is 1.60 bits per heavy atom. The molecule has 1 heterocycles. The van der Waals surface area contributed by atoms with Crippen molar-refractivity contribution in [1.29, 1.82) is 0 Å². The smallest absolute Gasteiger partial charge is 0.0806 e. The minimum Gasteiger partial charge on any atom is -0.204 e. The molecular weight excluding hydrogens is 122 g/mol. The van der Waals surface area contributed by atoms with Crippen molar-refractivity contribution >= 4 is 37.1 Å². The van der Waals surface area contributed by atoms with Crippen molar-refractivity contribution in [3.63, 3.8) is 0 Å². The molecule has 28 valence electrons. The van der Waals surface area contributed by atoms with Gasteiger partial charge in [0.1, 0.15) is 0 Å². The topological polar surface area (TPSA) is 12.4 Å². The zero-order chi connectivity index (χ0) is 3.54. The van der Waals surface area contributed by atoms with Crippen LogP contribution in [0.15, 0.2) is 4.40 Å². The summed E-state index contributed by atoms with van der Waals surface area (Å²) in [5, 5.41) is 0. The van der Waals surface area contributed by atoms with E-state index >= 15 is 0 Å². The van der Waals surface area contributed by atoms with E-state index in [1.807, 2.05) is 5.55 Å². The van der Waals surface area contributed by atoms with Gasteiger partial charge < -0.3 is 0 Å². The van der Waals surface area contributed by atoms with Gasteiger partial charge in [-0.1, -0.05) is 0 Å². The Morgan fingerprint density at radius 2 is 2.60 bits per heavy atom. The van der Waals surface area contributed by atoms with Gasteiger partial charge in [-0.15, -0.1) is 0 Å². The lowest BCUT2D eigenvalue weighted by molar-refractivity contribution is 2.06. The van der Waals surface area contributed by atoms with Gasteiger partial charge in [0, 0.05) is 9.83 Å². The second-order valence-corrected chi connectivity index (χ2v) is 4.01. The van der Waals surface area contributed by atoms with Crippen LogP contribution in [-0.2, 0) is 0 Å². The standard InChI is InChI=1S/CHNS3/c1-2-4-5-3-1/h1H. The van der Waals surface area contributed by atoms with Crippen LogP contribution in [0.3, 0.4) is 0 Å². The molecule has 0 saturated heterocycles. The zero-order valence-corrected chi connectivity index (χ0v) is 4.70. The van der Waals surface area contributed by atoms with Crippen molar-refractivity contribution in [3.8, 4) is 0 Å². The zero-order valence-electron chi connectivity index (χ0n) is 2.25. The summed E-state index contributed by atoms with van der Waals surface area (Å²) in [4.78, 5) is 0. The Balaban J connectivity index is 2.32. The average Bonchev–Trinajstić information content (AvgIpc) is 1.76. The Morgan fingerprint density at radius 3 is 2.80 bits per heavy atom. The van der Waals surface area contributed by atoms with E-state index in [9.17, 15) is 0 Å². The maximum absolute atomic E-state index is 3.80. The predicted octanol–water partition coefficient (Wildman–Crippen LogP) is 1.97. The van der Waals surface area contributed by atoms with E-state index in [1.165, 1.54) is 11.0 Å². The summed E-state index contributed by atoms with van der Waals surface area (Å²) in [7, 11) is 4.87. The van der Waals surface area contributed by atoms with Gasteiger partial charge in [-0.2, -0.15) is 0 Å². The maximum atomic E-state index is 3.80. The molecule has 1 nitrogen and oxygen atoms in total. The lowest BCUT2D eigenvalue weighted by atomic mass is 11.7. The first-order valence-corrected chi connectivity index (χ1v) is 4.51. The average molecular weight is 123 g/mol. The third-order valence-electron chi connectivity index (χ3n) is 0.199. The second kappa shape index (κ2) is 2.00. The van der Waals surface area contributed by atoms with Crippen LogP contribution in [0.1, 0.15) is 0 Å². The molecule has 0 bridgehead atoms. The molecule has 0 saturated carbocycles. The van der Waals surface area contributed by atoms with Gasteiger partial charge in [-0.05, 0) is 10.8 Å². The van der Waals surface area contributed by atoms with Crippen LogP contribution < -0.4 is 0 Å². The highest BCUT2D eigenvalue weighted by Crippen LogP contribution is 2.39. The monoisotopic (exact) mass is 123 g/mol. The van der Waals surface area contributed by atoms with E-state index in [0.717, 1.165) is 0 Å². The molecule has 0 aromatic carbocycles. The number of rotatable bonds is 0. The normalized spacial score (nSPS) is 20.8. The van der Waals surface area contributed by atoms with Gasteiger partial charge in [-0.25, -0.2) is 4.40 Å². The molecule has 0 aromatic rings. The molecule has 0 atom stereocenters. The molecule has 0 N–H and O–H groups in total. The summed E-state index contributed by atoms with van der Waals surface area (Å²) >= 11 is 0. The third kappa shape index (κ3) is 1.07. The molecule has 0 fully saturated rings. The van der Waals surface area contributed by atoms with Gasteiger partial charge in [0.05, 0.1) is 16.5 Å². The van der Waals surface area contributed by atoms with Gasteiger partial charge >= 0.3 is 0 Å². The summed E-state index contributed by atoms with van der Waals surface area (Å²) in [6.07, 6.45) is 0. The Kier molecular flexibility index (Phi) is 1.56. The van der Waals surface area contributed by atoms with Crippen LogP contribution in [0.5, 0.6) is 0 Å². The van der Waals surface area contributed by atoms with Crippen molar-refractivity contribution in [2.45, 2.75) is 0 Å². The summed E-state index contributed by atoms with van der Waals surface area (Å²) in [6, 6.07) is 0. The van der Waals surface area contributed by atoms with Crippen molar-refractivity contribution in [2.75, 3.05) is 0 Å². The molecule has 1 aliphatic heterocycles. The Hall–Kier alpha value is 0.720. The van der Waals surface area contributed by atoms with Gasteiger partial charge in [0.15, 0.2) is 0 Å². The van der Waals surface area contributed by atoms with Crippen LogP contribution in [-0.4, -0.2) is 5.55 Å². The first kappa shape index (κ1) is 3.89. The minimum atomic E-state index is 1.52. The highest BCUT2D eigenvalue weighted by atomic mass is 33.5. The van der Waals surface area contributed by atoms with Gasteiger partial charge in [0.2, 0.25) is 0 Å². The highest BCUT2D eigenvalue weighted by Gasteiger charge is 1.89. The van der Waals surface area contributed by atoms with Gasteiger partial charge in [0.25, 0.3) is 0 Å². The van der Waals surface area contributed by atoms with Crippen LogP contribution in [0, 0.1) is 0 Å². The summed E-state index contributed by atoms with van der Waals surface area (Å²) in [6.45, 7) is 0. The molecule has 0 aliphatic carbocycles. The fourth-order valence-electron chi connectivity index (χ4n) is 0.0878. The van der Waals surface area contributed by atoms with E-state index in [4.69, 9.17) is 0 Å².